The van der Waals surface area contributed by atoms with Crippen LogP contribution >= 0.6 is 15.9 Å². The van der Waals surface area contributed by atoms with Crippen molar-refractivity contribution >= 4 is 27.5 Å². The molecule has 0 aliphatic carbocycles. The van der Waals surface area contributed by atoms with Crippen molar-refractivity contribution in [2.24, 2.45) is 0 Å². The summed E-state index contributed by atoms with van der Waals surface area (Å²) < 4.78 is 0.605. The van der Waals surface area contributed by atoms with Gasteiger partial charge in [0.25, 0.3) is 5.91 Å². The van der Waals surface area contributed by atoms with Gasteiger partial charge >= 0.3 is 0 Å². The molecule has 1 heterocycles. The van der Waals surface area contributed by atoms with Crippen LogP contribution in [0, 0.1) is 0 Å². The molecular weight excluding hydrogens is 270 g/mol. The lowest BCUT2D eigenvalue weighted by Gasteiger charge is -2.21. The molecule has 0 saturated carbocycles. The van der Waals surface area contributed by atoms with Crippen LogP contribution < -0.4 is 4.90 Å². The van der Waals surface area contributed by atoms with Crippen molar-refractivity contribution in [2.45, 2.75) is 12.0 Å². The summed E-state index contributed by atoms with van der Waals surface area (Å²) in [4.78, 5) is 13.5. The molecule has 0 spiro atoms. The van der Waals surface area contributed by atoms with Gasteiger partial charge in [0, 0.05) is 19.0 Å². The van der Waals surface area contributed by atoms with Crippen molar-refractivity contribution in [3.63, 3.8) is 0 Å². The molecule has 16 heavy (non-hydrogen) atoms. The third kappa shape index (κ3) is 1.49. The van der Waals surface area contributed by atoms with Crippen LogP contribution in [0.3, 0.4) is 0 Å². The highest BCUT2D eigenvalue weighted by Gasteiger charge is 2.48. The molecule has 1 unspecified atom stereocenters. The van der Waals surface area contributed by atoms with Crippen molar-refractivity contribution in [3.05, 3.63) is 40.9 Å². The molecule has 1 aliphatic rings. The van der Waals surface area contributed by atoms with Gasteiger partial charge in [0.15, 0.2) is 5.60 Å². The monoisotopic (exact) mass is 281 g/mol. The fourth-order valence-corrected chi connectivity index (χ4v) is 2.47. The van der Waals surface area contributed by atoms with Gasteiger partial charge in [-0.15, -0.1) is 0 Å². The van der Waals surface area contributed by atoms with Crippen LogP contribution in [0.4, 0.5) is 5.69 Å². The Balaban J connectivity index is 2.56. The molecule has 2 rings (SSSR count). The topological polar surface area (TPSA) is 40.5 Å². The smallest absolute Gasteiger partial charge is 0.263 e. The number of carbonyl (C=O) groups is 1. The van der Waals surface area contributed by atoms with E-state index >= 15 is 0 Å². The maximum Gasteiger partial charge on any atom is 0.263 e. The van der Waals surface area contributed by atoms with E-state index < -0.39 is 5.60 Å². The number of para-hydroxylation sites is 1. The number of anilines is 1. The maximum atomic E-state index is 12.0. The number of halogens is 1. The Morgan fingerprint density at radius 2 is 2.19 bits per heavy atom. The Morgan fingerprint density at radius 3 is 2.81 bits per heavy atom. The van der Waals surface area contributed by atoms with Crippen LogP contribution in [0.2, 0.25) is 0 Å². The number of amides is 1. The van der Waals surface area contributed by atoms with Crippen molar-refractivity contribution < 1.29 is 9.90 Å². The molecule has 3 nitrogen and oxygen atoms in total. The third-order valence-electron chi connectivity index (χ3n) is 2.82. The van der Waals surface area contributed by atoms with Gasteiger partial charge in [0.1, 0.15) is 0 Å². The Hall–Kier alpha value is -1.13. The molecule has 1 N–H and O–H groups in total. The van der Waals surface area contributed by atoms with Gasteiger partial charge in [-0.25, -0.2) is 0 Å². The largest absolute Gasteiger partial charge is 0.375 e. The lowest BCUT2D eigenvalue weighted by atomic mass is 9.92. The summed E-state index contributed by atoms with van der Waals surface area (Å²) in [6.07, 6.45) is 0.188. The zero-order valence-corrected chi connectivity index (χ0v) is 10.5. The first-order valence-electron chi connectivity index (χ1n) is 4.90. The highest BCUT2D eigenvalue weighted by Crippen LogP contribution is 2.43. The summed E-state index contributed by atoms with van der Waals surface area (Å²) in [5, 5.41) is 10.5. The Kier molecular flexibility index (Phi) is 2.64. The summed E-state index contributed by atoms with van der Waals surface area (Å²) in [5.41, 5.74) is -0.0850. The molecule has 4 heteroatoms. The number of hydrogen-bond donors (Lipinski definition) is 1. The Labute approximate surface area is 103 Å². The van der Waals surface area contributed by atoms with E-state index in [1.807, 2.05) is 18.2 Å². The summed E-state index contributed by atoms with van der Waals surface area (Å²) in [6.45, 7) is 3.68. The predicted octanol–water partition coefficient (Wildman–Crippen LogP) is 2.15. The second kappa shape index (κ2) is 3.71. The molecular formula is C12H12BrNO2. The van der Waals surface area contributed by atoms with Crippen molar-refractivity contribution in [1.82, 2.24) is 0 Å². The summed E-state index contributed by atoms with van der Waals surface area (Å²) in [7, 11) is 1.66. The maximum absolute atomic E-state index is 12.0. The van der Waals surface area contributed by atoms with Crippen molar-refractivity contribution in [3.8, 4) is 0 Å². The van der Waals surface area contributed by atoms with E-state index in [1.54, 1.807) is 13.1 Å². The van der Waals surface area contributed by atoms with E-state index in [2.05, 4.69) is 22.5 Å². The minimum atomic E-state index is -1.48. The number of fused-ring (bicyclic) bond motifs is 1. The fourth-order valence-electron chi connectivity index (χ4n) is 2.07. The van der Waals surface area contributed by atoms with Gasteiger partial charge in [0.2, 0.25) is 0 Å². The highest BCUT2D eigenvalue weighted by molar-refractivity contribution is 9.11. The Bertz CT molecular complexity index is 472. The third-order valence-corrected chi connectivity index (χ3v) is 3.10. The number of likely N-dealkylation sites (N-methyl/N-ethyl adjacent to an activating group) is 1. The molecule has 1 aromatic rings. The van der Waals surface area contributed by atoms with Crippen molar-refractivity contribution in [2.75, 3.05) is 11.9 Å². The lowest BCUT2D eigenvalue weighted by molar-refractivity contribution is -0.135. The SMILES string of the molecule is C=C(Br)CC1(O)C(=O)N(C)c2ccccc21. The molecule has 0 fully saturated rings. The van der Waals surface area contributed by atoms with E-state index in [0.29, 0.717) is 10.0 Å². The molecule has 1 aliphatic heterocycles. The van der Waals surface area contributed by atoms with Crippen LogP contribution in [-0.4, -0.2) is 18.1 Å². The number of carbonyl (C=O) groups excluding carboxylic acids is 1. The number of nitrogens with zero attached hydrogens (tertiary/aromatic N) is 1. The molecule has 0 radical (unpaired) electrons. The van der Waals surface area contributed by atoms with Gasteiger partial charge in [-0.3, -0.25) is 4.79 Å². The summed E-state index contributed by atoms with van der Waals surface area (Å²) >= 11 is 3.19. The van der Waals surface area contributed by atoms with Crippen LogP contribution in [0.5, 0.6) is 0 Å². The predicted molar refractivity (Wildman–Crippen MR) is 66.4 cm³/mol. The minimum absolute atomic E-state index is 0.188. The zero-order valence-electron chi connectivity index (χ0n) is 8.90. The van der Waals surface area contributed by atoms with E-state index in [0.717, 1.165) is 5.69 Å². The van der Waals surface area contributed by atoms with Crippen LogP contribution in [0.1, 0.15) is 12.0 Å². The first kappa shape index (κ1) is 11.4. The molecule has 1 amide bonds. The Morgan fingerprint density at radius 1 is 1.56 bits per heavy atom. The second-order valence-electron chi connectivity index (χ2n) is 3.94. The molecule has 1 aromatic carbocycles. The quantitative estimate of drug-likeness (QED) is 0.903. The average molecular weight is 282 g/mol. The van der Waals surface area contributed by atoms with Crippen LogP contribution in [-0.2, 0) is 10.4 Å². The van der Waals surface area contributed by atoms with Gasteiger partial charge in [-0.2, -0.15) is 0 Å². The minimum Gasteiger partial charge on any atom is -0.375 e. The van der Waals surface area contributed by atoms with E-state index in [9.17, 15) is 9.90 Å². The van der Waals surface area contributed by atoms with Gasteiger partial charge in [-0.05, 0) is 10.5 Å². The van der Waals surface area contributed by atoms with Gasteiger partial charge < -0.3 is 10.0 Å². The molecule has 0 aromatic heterocycles. The first-order valence-corrected chi connectivity index (χ1v) is 5.69. The van der Waals surface area contributed by atoms with E-state index in [4.69, 9.17) is 0 Å². The molecule has 0 saturated heterocycles. The average Bonchev–Trinajstić information content (AvgIpc) is 2.42. The number of aliphatic hydroxyl groups is 1. The summed E-state index contributed by atoms with van der Waals surface area (Å²) in [6, 6.07) is 7.25. The lowest BCUT2D eigenvalue weighted by Crippen LogP contribution is -2.38. The fraction of sp³-hybridized carbons (Fsp3) is 0.250. The highest BCUT2D eigenvalue weighted by atomic mass is 79.9. The zero-order chi connectivity index (χ0) is 11.9. The number of hydrogen-bond acceptors (Lipinski definition) is 2. The van der Waals surface area contributed by atoms with Gasteiger partial charge in [-0.1, -0.05) is 40.7 Å². The standard InChI is InChI=1S/C12H12BrNO2/c1-8(13)7-12(16)9-5-3-4-6-10(9)14(2)11(12)15/h3-6,16H,1,7H2,2H3. The van der Waals surface area contributed by atoms with Crippen LogP contribution in [0.15, 0.2) is 35.3 Å². The van der Waals surface area contributed by atoms with Gasteiger partial charge in [0.05, 0.1) is 5.69 Å². The summed E-state index contributed by atoms with van der Waals surface area (Å²) in [5.74, 6) is -0.311. The number of rotatable bonds is 2. The van der Waals surface area contributed by atoms with Crippen LogP contribution in [0.25, 0.3) is 0 Å². The normalized spacial score (nSPS) is 23.4. The van der Waals surface area contributed by atoms with E-state index in [-0.39, 0.29) is 12.3 Å². The molecule has 84 valence electrons. The number of benzene rings is 1. The molecule has 0 bridgehead atoms. The molecule has 1 atom stereocenters. The second-order valence-corrected chi connectivity index (χ2v) is 5.06. The van der Waals surface area contributed by atoms with E-state index in [1.165, 1.54) is 4.90 Å². The first-order chi connectivity index (χ1) is 7.47. The van der Waals surface area contributed by atoms with Crippen molar-refractivity contribution in [1.29, 1.82) is 0 Å².